The van der Waals surface area contributed by atoms with E-state index in [1.165, 1.54) is 17.6 Å². The van der Waals surface area contributed by atoms with Crippen LogP contribution in [0.1, 0.15) is 40.0 Å². The van der Waals surface area contributed by atoms with E-state index < -0.39 is 0 Å². The molecule has 0 bridgehead atoms. The summed E-state index contributed by atoms with van der Waals surface area (Å²) in [7, 11) is 0. The van der Waals surface area contributed by atoms with E-state index in [-0.39, 0.29) is 0 Å². The highest BCUT2D eigenvalue weighted by Crippen LogP contribution is 2.15. The van der Waals surface area contributed by atoms with Crippen LogP contribution in [0.5, 0.6) is 0 Å². The number of hydrogen-bond donors (Lipinski definition) is 0. The van der Waals surface area contributed by atoms with Gasteiger partial charge in [0.05, 0.1) is 0 Å². The molecule has 0 radical (unpaired) electrons. The summed E-state index contributed by atoms with van der Waals surface area (Å²) in [6.45, 7) is 9.98. The fraction of sp³-hybridized carbons (Fsp3) is 0.462. The summed E-state index contributed by atoms with van der Waals surface area (Å²) in [5.41, 5.74) is 2.61. The lowest BCUT2D eigenvalue weighted by atomic mass is 10.0. The molecule has 0 spiro atoms. The minimum atomic E-state index is 1.08. The molecule has 78 valence electrons. The van der Waals surface area contributed by atoms with Crippen LogP contribution >= 0.6 is 0 Å². The summed E-state index contributed by atoms with van der Waals surface area (Å²) >= 11 is 0. The van der Waals surface area contributed by atoms with Crippen LogP contribution in [0.2, 0.25) is 0 Å². The minimum Gasteiger partial charge on any atom is -0.265 e. The molecule has 0 fully saturated rings. The maximum atomic E-state index is 4.06. The maximum absolute atomic E-state index is 4.06. The second-order valence-electron chi connectivity index (χ2n) is 3.09. The molecule has 1 nitrogen and oxygen atoms in total. The van der Waals surface area contributed by atoms with Crippen molar-refractivity contribution in [3.05, 3.63) is 36.1 Å². The first kappa shape index (κ1) is 12.9. The van der Waals surface area contributed by atoms with E-state index >= 15 is 0 Å². The molecular formula is C13H21N. The Labute approximate surface area is 87.9 Å². The zero-order valence-corrected chi connectivity index (χ0v) is 9.59. The summed E-state index contributed by atoms with van der Waals surface area (Å²) in [6, 6.07) is 0. The SMILES string of the molecule is C=CN=CC(=C\C)/C(=C/CC)CCC. The third kappa shape index (κ3) is 4.80. The van der Waals surface area contributed by atoms with Crippen molar-refractivity contribution in [2.24, 2.45) is 4.99 Å². The third-order valence-electron chi connectivity index (χ3n) is 1.97. The Hall–Kier alpha value is -1.11. The van der Waals surface area contributed by atoms with Gasteiger partial charge in [-0.3, -0.25) is 4.99 Å². The molecule has 0 unspecified atom stereocenters. The molecule has 0 aromatic heterocycles. The summed E-state index contributed by atoms with van der Waals surface area (Å²) in [6.07, 6.45) is 11.2. The summed E-state index contributed by atoms with van der Waals surface area (Å²) in [5, 5.41) is 0. The van der Waals surface area contributed by atoms with E-state index in [2.05, 4.69) is 37.6 Å². The second-order valence-corrected chi connectivity index (χ2v) is 3.09. The van der Waals surface area contributed by atoms with Crippen molar-refractivity contribution in [1.29, 1.82) is 0 Å². The number of rotatable bonds is 6. The molecule has 0 atom stereocenters. The quantitative estimate of drug-likeness (QED) is 0.439. The summed E-state index contributed by atoms with van der Waals surface area (Å²) < 4.78 is 0. The van der Waals surface area contributed by atoms with Gasteiger partial charge in [-0.1, -0.05) is 39.0 Å². The molecule has 0 aromatic rings. The lowest BCUT2D eigenvalue weighted by Crippen LogP contribution is -1.91. The molecule has 0 amide bonds. The summed E-state index contributed by atoms with van der Waals surface area (Å²) in [4.78, 5) is 4.06. The van der Waals surface area contributed by atoms with Crippen LogP contribution in [0.4, 0.5) is 0 Å². The van der Waals surface area contributed by atoms with Crippen LogP contribution in [0.3, 0.4) is 0 Å². The predicted octanol–water partition coefficient (Wildman–Crippen LogP) is 4.28. The van der Waals surface area contributed by atoms with Crippen LogP contribution in [-0.2, 0) is 0 Å². The highest BCUT2D eigenvalue weighted by molar-refractivity contribution is 5.84. The van der Waals surface area contributed by atoms with E-state index in [1.54, 1.807) is 6.20 Å². The Bertz CT molecular complexity index is 244. The molecule has 0 heterocycles. The molecule has 0 rings (SSSR count). The number of allylic oxidation sites excluding steroid dienone is 4. The summed E-state index contributed by atoms with van der Waals surface area (Å²) in [5.74, 6) is 0. The van der Waals surface area contributed by atoms with E-state index in [1.807, 2.05) is 13.1 Å². The maximum Gasteiger partial charge on any atom is 0.0339 e. The largest absolute Gasteiger partial charge is 0.265 e. The van der Waals surface area contributed by atoms with Crippen LogP contribution in [0.15, 0.2) is 41.1 Å². The van der Waals surface area contributed by atoms with Gasteiger partial charge in [0, 0.05) is 12.4 Å². The van der Waals surface area contributed by atoms with Gasteiger partial charge in [-0.25, -0.2) is 0 Å². The van der Waals surface area contributed by atoms with Crippen molar-refractivity contribution in [3.8, 4) is 0 Å². The van der Waals surface area contributed by atoms with Gasteiger partial charge in [-0.15, -0.1) is 0 Å². The second kappa shape index (κ2) is 8.49. The molecule has 14 heavy (non-hydrogen) atoms. The molecule has 0 saturated heterocycles. The van der Waals surface area contributed by atoms with Crippen molar-refractivity contribution in [2.45, 2.75) is 40.0 Å². The zero-order chi connectivity index (χ0) is 10.8. The van der Waals surface area contributed by atoms with Gasteiger partial charge in [-0.2, -0.15) is 0 Å². The molecule has 0 aliphatic carbocycles. The molecule has 0 aromatic carbocycles. The Morgan fingerprint density at radius 2 is 2.07 bits per heavy atom. The Morgan fingerprint density at radius 1 is 1.36 bits per heavy atom. The van der Waals surface area contributed by atoms with Crippen LogP contribution in [0.25, 0.3) is 0 Å². The fourth-order valence-corrected chi connectivity index (χ4v) is 1.36. The Morgan fingerprint density at radius 3 is 2.50 bits per heavy atom. The highest BCUT2D eigenvalue weighted by Gasteiger charge is 1.99. The van der Waals surface area contributed by atoms with Crippen molar-refractivity contribution in [1.82, 2.24) is 0 Å². The molecular weight excluding hydrogens is 170 g/mol. The Kier molecular flexibility index (Phi) is 7.81. The number of nitrogens with zero attached hydrogens (tertiary/aromatic N) is 1. The van der Waals surface area contributed by atoms with Gasteiger partial charge in [0.1, 0.15) is 0 Å². The fourth-order valence-electron chi connectivity index (χ4n) is 1.36. The van der Waals surface area contributed by atoms with Crippen molar-refractivity contribution >= 4 is 6.21 Å². The van der Waals surface area contributed by atoms with Gasteiger partial charge in [0.25, 0.3) is 0 Å². The van der Waals surface area contributed by atoms with Gasteiger partial charge in [0.15, 0.2) is 0 Å². The van der Waals surface area contributed by atoms with Gasteiger partial charge < -0.3 is 0 Å². The first-order valence-electron chi connectivity index (χ1n) is 5.29. The molecule has 0 aliphatic heterocycles. The molecule has 0 saturated carbocycles. The third-order valence-corrected chi connectivity index (χ3v) is 1.97. The average molecular weight is 191 g/mol. The monoisotopic (exact) mass is 191 g/mol. The Balaban J connectivity index is 4.68. The van der Waals surface area contributed by atoms with E-state index in [9.17, 15) is 0 Å². The minimum absolute atomic E-state index is 1.08. The van der Waals surface area contributed by atoms with Crippen molar-refractivity contribution < 1.29 is 0 Å². The van der Waals surface area contributed by atoms with Gasteiger partial charge >= 0.3 is 0 Å². The normalized spacial score (nSPS) is 13.6. The lowest BCUT2D eigenvalue weighted by Gasteiger charge is -2.05. The van der Waals surface area contributed by atoms with Crippen molar-refractivity contribution in [2.75, 3.05) is 0 Å². The van der Waals surface area contributed by atoms with E-state index in [0.29, 0.717) is 0 Å². The van der Waals surface area contributed by atoms with E-state index in [4.69, 9.17) is 0 Å². The molecule has 0 N–H and O–H groups in total. The van der Waals surface area contributed by atoms with Crippen LogP contribution < -0.4 is 0 Å². The predicted molar refractivity (Wildman–Crippen MR) is 65.7 cm³/mol. The number of aliphatic imine (C=N–C) groups is 1. The zero-order valence-electron chi connectivity index (χ0n) is 9.59. The van der Waals surface area contributed by atoms with Crippen molar-refractivity contribution in [3.63, 3.8) is 0 Å². The van der Waals surface area contributed by atoms with Gasteiger partial charge in [0.2, 0.25) is 0 Å². The van der Waals surface area contributed by atoms with E-state index in [0.717, 1.165) is 12.8 Å². The number of hydrogen-bond acceptors (Lipinski definition) is 1. The smallest absolute Gasteiger partial charge is 0.0339 e. The topological polar surface area (TPSA) is 12.4 Å². The first-order valence-corrected chi connectivity index (χ1v) is 5.29. The first-order chi connectivity index (χ1) is 6.79. The molecule has 0 aliphatic rings. The highest BCUT2D eigenvalue weighted by atomic mass is 14.7. The van der Waals surface area contributed by atoms with Crippen LogP contribution in [0, 0.1) is 0 Å². The van der Waals surface area contributed by atoms with Crippen LogP contribution in [-0.4, -0.2) is 6.21 Å². The lowest BCUT2D eigenvalue weighted by molar-refractivity contribution is 0.912. The van der Waals surface area contributed by atoms with Gasteiger partial charge in [-0.05, 0) is 30.9 Å². The molecule has 1 heteroatoms. The average Bonchev–Trinajstić information content (AvgIpc) is 2.19. The standard InChI is InChI=1S/C13H21N/c1-5-9-13(10-6-2)12(7-3)11-14-8-4/h7-9,11H,4-6,10H2,1-3H3/b12-7+,13-9+,14-11?.